The Morgan fingerprint density at radius 1 is 1.08 bits per heavy atom. The van der Waals surface area contributed by atoms with Crippen LogP contribution in [0.3, 0.4) is 0 Å². The molecule has 0 aromatic heterocycles. The van der Waals surface area contributed by atoms with Crippen LogP contribution in [0.1, 0.15) is 42.4 Å². The van der Waals surface area contributed by atoms with E-state index in [-0.39, 0.29) is 23.0 Å². The monoisotopic (exact) mass is 364 g/mol. The molecular formula is C19H28N2O3S. The Kier molecular flexibility index (Phi) is 5.09. The summed E-state index contributed by atoms with van der Waals surface area (Å²) in [6.07, 6.45) is 4.55. The summed E-state index contributed by atoms with van der Waals surface area (Å²) in [6, 6.07) is 6.54. The first kappa shape index (κ1) is 18.2. The minimum Gasteiger partial charge on any atom is -0.337 e. The molecule has 0 unspecified atom stereocenters. The average molecular weight is 365 g/mol. The molecule has 138 valence electrons. The zero-order valence-corrected chi connectivity index (χ0v) is 16.0. The van der Waals surface area contributed by atoms with Crippen LogP contribution < -0.4 is 5.32 Å². The van der Waals surface area contributed by atoms with Gasteiger partial charge in [-0.2, -0.15) is 0 Å². The highest BCUT2D eigenvalue weighted by Gasteiger charge is 2.37. The van der Waals surface area contributed by atoms with Crippen LogP contribution in [0.15, 0.2) is 18.2 Å². The molecule has 1 saturated carbocycles. The molecule has 1 N–H and O–H groups in total. The van der Waals surface area contributed by atoms with Crippen LogP contribution in [0, 0.1) is 13.8 Å². The van der Waals surface area contributed by atoms with Crippen LogP contribution in [-0.2, 0) is 15.3 Å². The first-order valence-electron chi connectivity index (χ1n) is 9.12. The van der Waals surface area contributed by atoms with Crippen molar-refractivity contribution in [2.24, 2.45) is 0 Å². The van der Waals surface area contributed by atoms with Gasteiger partial charge in [-0.1, -0.05) is 42.2 Å². The Labute approximate surface area is 150 Å². The molecular weight excluding hydrogens is 336 g/mol. The Hall–Kier alpha value is -1.56. The average Bonchev–Trinajstić information content (AvgIpc) is 3.02. The minimum atomic E-state index is -2.97. The fourth-order valence-corrected chi connectivity index (χ4v) is 5.37. The van der Waals surface area contributed by atoms with Crippen LogP contribution in [0.4, 0.5) is 4.79 Å². The van der Waals surface area contributed by atoms with Crippen molar-refractivity contribution in [3.8, 4) is 0 Å². The molecule has 0 radical (unpaired) electrons. The third-order valence-corrected chi connectivity index (χ3v) is 7.21. The van der Waals surface area contributed by atoms with E-state index in [9.17, 15) is 13.2 Å². The second-order valence-electron chi connectivity index (χ2n) is 7.66. The molecule has 3 rings (SSSR count). The van der Waals surface area contributed by atoms with Gasteiger partial charge in [0.1, 0.15) is 0 Å². The van der Waals surface area contributed by atoms with Gasteiger partial charge in [-0.05, 0) is 32.3 Å². The van der Waals surface area contributed by atoms with E-state index in [1.165, 1.54) is 29.5 Å². The standard InChI is InChI=1S/C19H28N2O3S/c1-15-11-16(2)13-17(12-15)19(5-3-4-6-19)14-20-18(22)21-7-9-25(23,24)10-8-21/h11-13H,3-10,14H2,1-2H3,(H,20,22). The highest BCUT2D eigenvalue weighted by Crippen LogP contribution is 2.41. The number of nitrogens with zero attached hydrogens (tertiary/aromatic N) is 1. The van der Waals surface area contributed by atoms with Gasteiger partial charge >= 0.3 is 6.03 Å². The summed E-state index contributed by atoms with van der Waals surface area (Å²) < 4.78 is 23.1. The molecule has 1 aromatic rings. The largest absolute Gasteiger partial charge is 0.337 e. The van der Waals surface area contributed by atoms with Gasteiger partial charge in [0, 0.05) is 25.0 Å². The van der Waals surface area contributed by atoms with Gasteiger partial charge in [0.25, 0.3) is 0 Å². The van der Waals surface area contributed by atoms with Crippen LogP contribution in [0.5, 0.6) is 0 Å². The zero-order valence-electron chi connectivity index (χ0n) is 15.2. The Morgan fingerprint density at radius 2 is 1.64 bits per heavy atom. The van der Waals surface area contributed by atoms with Gasteiger partial charge in [-0.25, -0.2) is 13.2 Å². The van der Waals surface area contributed by atoms with E-state index >= 15 is 0 Å². The van der Waals surface area contributed by atoms with E-state index in [0.717, 1.165) is 12.8 Å². The lowest BCUT2D eigenvalue weighted by Gasteiger charge is -2.33. The van der Waals surface area contributed by atoms with Crippen molar-refractivity contribution in [3.05, 3.63) is 34.9 Å². The number of carbonyl (C=O) groups is 1. The van der Waals surface area contributed by atoms with E-state index in [0.29, 0.717) is 19.6 Å². The van der Waals surface area contributed by atoms with Crippen molar-refractivity contribution >= 4 is 15.9 Å². The molecule has 0 atom stereocenters. The number of hydrogen-bond acceptors (Lipinski definition) is 3. The second kappa shape index (κ2) is 6.98. The molecule has 2 amide bonds. The molecule has 0 spiro atoms. The lowest BCUT2D eigenvalue weighted by molar-refractivity contribution is 0.198. The number of hydrogen-bond donors (Lipinski definition) is 1. The van der Waals surface area contributed by atoms with E-state index < -0.39 is 9.84 Å². The number of benzene rings is 1. The van der Waals surface area contributed by atoms with Gasteiger partial charge < -0.3 is 10.2 Å². The minimum absolute atomic E-state index is 0.00824. The number of urea groups is 1. The molecule has 5 nitrogen and oxygen atoms in total. The number of sulfone groups is 1. The SMILES string of the molecule is Cc1cc(C)cc(C2(CNC(=O)N3CCS(=O)(=O)CC3)CCCC2)c1. The second-order valence-corrected chi connectivity index (χ2v) is 9.97. The van der Waals surface area contributed by atoms with Gasteiger partial charge in [0.2, 0.25) is 0 Å². The molecule has 6 heteroatoms. The Balaban J connectivity index is 1.69. The highest BCUT2D eigenvalue weighted by atomic mass is 32.2. The topological polar surface area (TPSA) is 66.5 Å². The third-order valence-electron chi connectivity index (χ3n) is 5.60. The number of rotatable bonds is 3. The summed E-state index contributed by atoms with van der Waals surface area (Å²) in [4.78, 5) is 14.1. The van der Waals surface area contributed by atoms with Crippen molar-refractivity contribution < 1.29 is 13.2 Å². The highest BCUT2D eigenvalue weighted by molar-refractivity contribution is 7.91. The molecule has 1 saturated heterocycles. The number of aryl methyl sites for hydroxylation is 2. The van der Waals surface area contributed by atoms with Gasteiger partial charge in [-0.15, -0.1) is 0 Å². The van der Waals surface area contributed by atoms with Crippen LogP contribution in [0.2, 0.25) is 0 Å². The lowest BCUT2D eigenvalue weighted by atomic mass is 9.77. The summed E-state index contributed by atoms with van der Waals surface area (Å²) in [5.74, 6) is 0.144. The van der Waals surface area contributed by atoms with Crippen LogP contribution in [0.25, 0.3) is 0 Å². The predicted octanol–water partition coefficient (Wildman–Crippen LogP) is 2.56. The number of carbonyl (C=O) groups excluding carboxylic acids is 1. The zero-order chi connectivity index (χ0) is 18.1. The van der Waals surface area contributed by atoms with Gasteiger partial charge in [-0.3, -0.25) is 0 Å². The van der Waals surface area contributed by atoms with E-state index in [4.69, 9.17) is 0 Å². The number of amides is 2. The van der Waals surface area contributed by atoms with Gasteiger partial charge in [0.15, 0.2) is 9.84 Å². The maximum absolute atomic E-state index is 12.5. The maximum Gasteiger partial charge on any atom is 0.317 e. The van der Waals surface area contributed by atoms with Crippen molar-refractivity contribution in [1.82, 2.24) is 10.2 Å². The molecule has 0 bridgehead atoms. The maximum atomic E-state index is 12.5. The first-order valence-corrected chi connectivity index (χ1v) is 10.9. The summed E-state index contributed by atoms with van der Waals surface area (Å²) in [5.41, 5.74) is 3.85. The van der Waals surface area contributed by atoms with E-state index in [1.54, 1.807) is 4.90 Å². The van der Waals surface area contributed by atoms with Crippen molar-refractivity contribution in [1.29, 1.82) is 0 Å². The summed E-state index contributed by atoms with van der Waals surface area (Å²) in [6.45, 7) is 5.45. The number of nitrogens with one attached hydrogen (secondary N) is 1. The lowest BCUT2D eigenvalue weighted by Crippen LogP contribution is -2.50. The first-order chi connectivity index (χ1) is 11.8. The molecule has 1 heterocycles. The van der Waals surface area contributed by atoms with Gasteiger partial charge in [0.05, 0.1) is 11.5 Å². The van der Waals surface area contributed by atoms with Crippen molar-refractivity contribution in [3.63, 3.8) is 0 Å². The van der Waals surface area contributed by atoms with Crippen LogP contribution >= 0.6 is 0 Å². The summed E-state index contributed by atoms with van der Waals surface area (Å²) in [7, 11) is -2.97. The Morgan fingerprint density at radius 3 is 2.20 bits per heavy atom. The summed E-state index contributed by atoms with van der Waals surface area (Å²) >= 11 is 0. The van der Waals surface area contributed by atoms with E-state index in [2.05, 4.69) is 37.4 Å². The predicted molar refractivity (Wildman–Crippen MR) is 99.7 cm³/mol. The third kappa shape index (κ3) is 4.17. The van der Waals surface area contributed by atoms with Crippen molar-refractivity contribution in [2.45, 2.75) is 44.9 Å². The Bertz CT molecular complexity index is 718. The molecule has 1 aliphatic carbocycles. The van der Waals surface area contributed by atoms with E-state index in [1.807, 2.05) is 0 Å². The molecule has 2 fully saturated rings. The van der Waals surface area contributed by atoms with Crippen LogP contribution in [-0.4, -0.2) is 50.5 Å². The smallest absolute Gasteiger partial charge is 0.317 e. The normalized spacial score (nSPS) is 21.9. The fraction of sp³-hybridized carbons (Fsp3) is 0.632. The molecule has 25 heavy (non-hydrogen) atoms. The quantitative estimate of drug-likeness (QED) is 0.896. The summed E-state index contributed by atoms with van der Waals surface area (Å²) in [5, 5.41) is 3.09. The molecule has 1 aliphatic heterocycles. The molecule has 1 aromatic carbocycles. The molecule has 2 aliphatic rings. The van der Waals surface area contributed by atoms with Crippen molar-refractivity contribution in [2.75, 3.05) is 31.1 Å². The fourth-order valence-electron chi connectivity index (χ4n) is 4.17.